The van der Waals surface area contributed by atoms with Crippen LogP contribution in [0.2, 0.25) is 0 Å². The zero-order valence-corrected chi connectivity index (χ0v) is 10.9. The standard InChI is InChI=1S/C11H13NO6S/c1-18-11(15)7-2-6(10(14)9(13)5-19)3-8(4-7)12(16)17/h2-4,9-10,13-14,19H,5H2,1H3. The zero-order chi connectivity index (χ0) is 14.6. The molecule has 0 saturated heterocycles. The maximum atomic E-state index is 11.4. The van der Waals surface area contributed by atoms with E-state index < -0.39 is 23.1 Å². The van der Waals surface area contributed by atoms with Gasteiger partial charge in [0.2, 0.25) is 0 Å². The second kappa shape index (κ2) is 6.50. The summed E-state index contributed by atoms with van der Waals surface area (Å²) in [6.45, 7) is 0. The summed E-state index contributed by atoms with van der Waals surface area (Å²) < 4.78 is 4.47. The van der Waals surface area contributed by atoms with Crippen LogP contribution in [0.15, 0.2) is 18.2 Å². The molecule has 0 heterocycles. The number of benzene rings is 1. The Bertz CT molecular complexity index is 492. The molecule has 1 aromatic carbocycles. The minimum absolute atomic E-state index is 0.0303. The van der Waals surface area contributed by atoms with Crippen LogP contribution in [0.5, 0.6) is 0 Å². The first-order valence-corrected chi connectivity index (χ1v) is 5.88. The van der Waals surface area contributed by atoms with E-state index in [1.54, 1.807) is 0 Å². The van der Waals surface area contributed by atoms with Gasteiger partial charge in [-0.2, -0.15) is 12.6 Å². The number of methoxy groups -OCH3 is 1. The highest BCUT2D eigenvalue weighted by Crippen LogP contribution is 2.25. The number of ether oxygens (including phenoxy) is 1. The van der Waals surface area contributed by atoms with E-state index >= 15 is 0 Å². The van der Waals surface area contributed by atoms with E-state index in [0.717, 1.165) is 19.2 Å². The van der Waals surface area contributed by atoms with Crippen molar-refractivity contribution < 1.29 is 24.7 Å². The molecular weight excluding hydrogens is 274 g/mol. The molecule has 2 atom stereocenters. The van der Waals surface area contributed by atoms with Crippen LogP contribution in [-0.4, -0.2) is 40.1 Å². The fourth-order valence-corrected chi connectivity index (χ4v) is 1.67. The van der Waals surface area contributed by atoms with Crippen LogP contribution in [-0.2, 0) is 4.74 Å². The van der Waals surface area contributed by atoms with Crippen molar-refractivity contribution in [2.75, 3.05) is 12.9 Å². The minimum atomic E-state index is -1.37. The fraction of sp³-hybridized carbons (Fsp3) is 0.364. The number of nitro groups is 1. The lowest BCUT2D eigenvalue weighted by Gasteiger charge is -2.16. The quantitative estimate of drug-likeness (QED) is 0.318. The SMILES string of the molecule is COC(=O)c1cc(C(O)C(O)CS)cc([N+](=O)[O-])c1. The molecule has 0 saturated carbocycles. The van der Waals surface area contributed by atoms with E-state index in [1.165, 1.54) is 6.07 Å². The summed E-state index contributed by atoms with van der Waals surface area (Å²) in [5.41, 5.74) is -0.392. The molecule has 0 aliphatic carbocycles. The monoisotopic (exact) mass is 287 g/mol. The maximum absolute atomic E-state index is 11.4. The molecule has 0 aliphatic heterocycles. The normalized spacial score (nSPS) is 13.7. The highest BCUT2D eigenvalue weighted by molar-refractivity contribution is 7.80. The molecule has 0 amide bonds. The smallest absolute Gasteiger partial charge is 0.338 e. The molecular formula is C11H13NO6S. The first kappa shape index (κ1) is 15.4. The number of aliphatic hydroxyl groups is 2. The largest absolute Gasteiger partial charge is 0.465 e. The number of aliphatic hydroxyl groups excluding tert-OH is 2. The minimum Gasteiger partial charge on any atom is -0.465 e. The molecule has 2 N–H and O–H groups in total. The third kappa shape index (κ3) is 3.66. The third-order valence-corrected chi connectivity index (χ3v) is 2.84. The van der Waals surface area contributed by atoms with Gasteiger partial charge in [-0.05, 0) is 11.6 Å². The number of hydrogen-bond donors (Lipinski definition) is 3. The lowest BCUT2D eigenvalue weighted by molar-refractivity contribution is -0.385. The molecule has 2 unspecified atom stereocenters. The van der Waals surface area contributed by atoms with Crippen LogP contribution in [0.3, 0.4) is 0 Å². The van der Waals surface area contributed by atoms with Crippen molar-refractivity contribution in [2.24, 2.45) is 0 Å². The van der Waals surface area contributed by atoms with E-state index in [-0.39, 0.29) is 22.6 Å². The van der Waals surface area contributed by atoms with Crippen molar-refractivity contribution >= 4 is 24.3 Å². The Balaban J connectivity index is 3.27. The lowest BCUT2D eigenvalue weighted by Crippen LogP contribution is -2.20. The summed E-state index contributed by atoms with van der Waals surface area (Å²) in [4.78, 5) is 21.5. The Morgan fingerprint density at radius 1 is 1.47 bits per heavy atom. The summed E-state index contributed by atoms with van der Waals surface area (Å²) in [5.74, 6) is -0.797. The van der Waals surface area contributed by atoms with Gasteiger partial charge in [-0.1, -0.05) is 0 Å². The van der Waals surface area contributed by atoms with Gasteiger partial charge >= 0.3 is 5.97 Å². The highest BCUT2D eigenvalue weighted by Gasteiger charge is 2.22. The summed E-state index contributed by atoms with van der Waals surface area (Å²) >= 11 is 3.82. The van der Waals surface area contributed by atoms with Gasteiger partial charge in [0, 0.05) is 17.9 Å². The first-order valence-electron chi connectivity index (χ1n) is 5.25. The van der Waals surface area contributed by atoms with Crippen LogP contribution >= 0.6 is 12.6 Å². The van der Waals surface area contributed by atoms with Crippen LogP contribution in [0.1, 0.15) is 22.0 Å². The topological polar surface area (TPSA) is 110 Å². The van der Waals surface area contributed by atoms with Gasteiger partial charge < -0.3 is 14.9 Å². The van der Waals surface area contributed by atoms with E-state index in [0.29, 0.717) is 0 Å². The predicted molar refractivity (Wildman–Crippen MR) is 69.3 cm³/mol. The van der Waals surface area contributed by atoms with Gasteiger partial charge in [-0.25, -0.2) is 4.79 Å². The van der Waals surface area contributed by atoms with E-state index in [1.807, 2.05) is 0 Å². The Morgan fingerprint density at radius 2 is 2.11 bits per heavy atom. The Morgan fingerprint density at radius 3 is 2.58 bits per heavy atom. The Hall–Kier alpha value is -1.64. The van der Waals surface area contributed by atoms with Crippen molar-refractivity contribution in [1.29, 1.82) is 0 Å². The number of nitrogens with zero attached hydrogens (tertiary/aromatic N) is 1. The molecule has 0 fully saturated rings. The number of rotatable bonds is 5. The van der Waals surface area contributed by atoms with Crippen molar-refractivity contribution in [3.05, 3.63) is 39.4 Å². The predicted octanol–water partition coefficient (Wildman–Crippen LogP) is 0.705. The first-order chi connectivity index (χ1) is 8.90. The van der Waals surface area contributed by atoms with Crippen molar-refractivity contribution in [2.45, 2.75) is 12.2 Å². The van der Waals surface area contributed by atoms with Gasteiger partial charge in [-0.3, -0.25) is 10.1 Å². The lowest BCUT2D eigenvalue weighted by atomic mass is 10.0. The molecule has 1 aromatic rings. The number of nitro benzene ring substituents is 1. The summed E-state index contributed by atoms with van der Waals surface area (Å²) in [6, 6.07) is 3.36. The van der Waals surface area contributed by atoms with Gasteiger partial charge in [0.15, 0.2) is 0 Å². The Kier molecular flexibility index (Phi) is 5.28. The number of non-ortho nitro benzene ring substituents is 1. The second-order valence-corrected chi connectivity index (χ2v) is 4.12. The zero-order valence-electron chi connectivity index (χ0n) is 10.0. The van der Waals surface area contributed by atoms with Crippen LogP contribution in [0.25, 0.3) is 0 Å². The van der Waals surface area contributed by atoms with Gasteiger partial charge in [0.25, 0.3) is 5.69 Å². The molecule has 0 radical (unpaired) electrons. The number of carbonyl (C=O) groups is 1. The average molecular weight is 287 g/mol. The number of carbonyl (C=O) groups excluding carboxylic acids is 1. The third-order valence-electron chi connectivity index (χ3n) is 2.47. The maximum Gasteiger partial charge on any atom is 0.338 e. The van der Waals surface area contributed by atoms with Crippen molar-refractivity contribution in [1.82, 2.24) is 0 Å². The van der Waals surface area contributed by atoms with Crippen LogP contribution < -0.4 is 0 Å². The van der Waals surface area contributed by atoms with Crippen molar-refractivity contribution in [3.8, 4) is 0 Å². The van der Waals surface area contributed by atoms with Crippen LogP contribution in [0, 0.1) is 10.1 Å². The van der Waals surface area contributed by atoms with E-state index in [2.05, 4.69) is 17.4 Å². The molecule has 0 aromatic heterocycles. The summed E-state index contributed by atoms with van der Waals surface area (Å²) in [5, 5.41) is 30.1. The average Bonchev–Trinajstić information content (AvgIpc) is 2.43. The molecule has 104 valence electrons. The fourth-order valence-electron chi connectivity index (χ4n) is 1.47. The van der Waals surface area contributed by atoms with Crippen LogP contribution in [0.4, 0.5) is 5.69 Å². The number of esters is 1. The molecule has 0 aliphatic rings. The highest BCUT2D eigenvalue weighted by atomic mass is 32.1. The summed E-state index contributed by atoms with van der Waals surface area (Å²) in [6.07, 6.45) is -2.57. The van der Waals surface area contributed by atoms with Gasteiger partial charge in [-0.15, -0.1) is 0 Å². The van der Waals surface area contributed by atoms with Gasteiger partial charge in [0.1, 0.15) is 6.10 Å². The molecule has 0 spiro atoms. The molecule has 19 heavy (non-hydrogen) atoms. The molecule has 8 heteroatoms. The molecule has 0 bridgehead atoms. The second-order valence-electron chi connectivity index (χ2n) is 3.76. The van der Waals surface area contributed by atoms with Gasteiger partial charge in [0.05, 0.1) is 23.7 Å². The number of hydrogen-bond acceptors (Lipinski definition) is 7. The summed E-state index contributed by atoms with van der Waals surface area (Å²) in [7, 11) is 1.14. The van der Waals surface area contributed by atoms with E-state index in [4.69, 9.17) is 0 Å². The molecule has 1 rings (SSSR count). The van der Waals surface area contributed by atoms with E-state index in [9.17, 15) is 25.1 Å². The van der Waals surface area contributed by atoms with Crippen molar-refractivity contribution in [3.63, 3.8) is 0 Å². The number of thiol groups is 1. The Labute approximate surface area is 114 Å². The molecule has 7 nitrogen and oxygen atoms in total.